The molecule has 182 valence electrons. The molecule has 0 unspecified atom stereocenters. The quantitative estimate of drug-likeness (QED) is 0.399. The van der Waals surface area contributed by atoms with Crippen molar-refractivity contribution in [2.45, 2.75) is 37.6 Å². The molecule has 9 heteroatoms. The summed E-state index contributed by atoms with van der Waals surface area (Å²) in [5, 5.41) is 51.2. The first kappa shape index (κ1) is 25.0. The molecule has 0 amide bonds. The molecular weight excluding hydrogens is 468 g/mol. The number of rotatable bonds is 5. The molecule has 1 fully saturated rings. The summed E-state index contributed by atoms with van der Waals surface area (Å²) in [5.41, 5.74) is 3.80. The average Bonchev–Trinajstić information content (AvgIpc) is 2.88. The predicted octanol–water partition coefficient (Wildman–Crippen LogP) is 2.71. The van der Waals surface area contributed by atoms with Gasteiger partial charge in [0.25, 0.3) is 0 Å². The van der Waals surface area contributed by atoms with Gasteiger partial charge in [0.15, 0.2) is 6.23 Å². The SMILES string of the molecule is COc1ccc(-c2cc(-c3ccc(C)cc3)n([C@@H]3O[C@H](CO)[C@@H](O)[C@H](O)[C@H]3O)c(=S)c2C#N)cc1. The second kappa shape index (κ2) is 10.3. The molecule has 2 heterocycles. The van der Waals surface area contributed by atoms with Crippen molar-refractivity contribution in [1.29, 1.82) is 5.26 Å². The number of ether oxygens (including phenoxy) is 2. The Morgan fingerprint density at radius 2 is 1.63 bits per heavy atom. The Labute approximate surface area is 207 Å². The molecule has 35 heavy (non-hydrogen) atoms. The highest BCUT2D eigenvalue weighted by atomic mass is 32.1. The number of aliphatic hydroxyl groups is 4. The Morgan fingerprint density at radius 1 is 1.00 bits per heavy atom. The third kappa shape index (κ3) is 4.60. The number of nitrogens with zero attached hydrogens (tertiary/aromatic N) is 2. The number of nitriles is 1. The van der Waals surface area contributed by atoms with Crippen LogP contribution in [0.5, 0.6) is 5.75 Å². The highest BCUT2D eigenvalue weighted by Gasteiger charge is 2.45. The molecular formula is C26H26N2O6S. The Hall–Kier alpha value is -3.10. The molecule has 3 aromatic rings. The van der Waals surface area contributed by atoms with Crippen molar-refractivity contribution in [2.24, 2.45) is 0 Å². The number of aromatic nitrogens is 1. The zero-order valence-electron chi connectivity index (χ0n) is 19.2. The van der Waals surface area contributed by atoms with Crippen LogP contribution in [0.25, 0.3) is 22.4 Å². The number of benzene rings is 2. The normalized spacial score (nSPS) is 24.1. The van der Waals surface area contributed by atoms with Crippen LogP contribution in [0.2, 0.25) is 0 Å². The lowest BCUT2D eigenvalue weighted by Crippen LogP contribution is -2.56. The van der Waals surface area contributed by atoms with Crippen LogP contribution >= 0.6 is 12.2 Å². The van der Waals surface area contributed by atoms with E-state index in [-0.39, 0.29) is 10.2 Å². The van der Waals surface area contributed by atoms with Crippen molar-refractivity contribution >= 4 is 12.2 Å². The maximum absolute atomic E-state index is 10.8. The number of methoxy groups -OCH3 is 1. The van der Waals surface area contributed by atoms with E-state index in [1.165, 1.54) is 4.57 Å². The van der Waals surface area contributed by atoms with Crippen LogP contribution in [0.4, 0.5) is 0 Å². The van der Waals surface area contributed by atoms with E-state index in [2.05, 4.69) is 6.07 Å². The molecule has 4 N–H and O–H groups in total. The zero-order chi connectivity index (χ0) is 25.3. The van der Waals surface area contributed by atoms with Gasteiger partial charge in [0.1, 0.15) is 40.9 Å². The van der Waals surface area contributed by atoms with Gasteiger partial charge < -0.3 is 34.5 Å². The van der Waals surface area contributed by atoms with Crippen LogP contribution < -0.4 is 4.74 Å². The standard InChI is InChI=1S/C26H26N2O6S/c1-14-3-5-16(6-4-14)20-11-18(15-7-9-17(33-2)10-8-15)19(12-27)26(35)28(20)25-24(32)23(31)22(30)21(13-29)34-25/h3-11,21-25,29-32H,13H2,1-2H3/t21-,22-,23+,24-,25-/m1/s1. The monoisotopic (exact) mass is 494 g/mol. The van der Waals surface area contributed by atoms with Crippen molar-refractivity contribution < 1.29 is 29.9 Å². The largest absolute Gasteiger partial charge is 0.497 e. The highest BCUT2D eigenvalue weighted by molar-refractivity contribution is 7.71. The van der Waals surface area contributed by atoms with Gasteiger partial charge in [-0.25, -0.2) is 0 Å². The Balaban J connectivity index is 1.99. The first-order valence-electron chi connectivity index (χ1n) is 11.0. The van der Waals surface area contributed by atoms with Crippen molar-refractivity contribution in [1.82, 2.24) is 4.57 Å². The number of aliphatic hydroxyl groups excluding tert-OH is 4. The van der Waals surface area contributed by atoms with Gasteiger partial charge in [0.05, 0.1) is 25.0 Å². The van der Waals surface area contributed by atoms with Crippen molar-refractivity contribution in [2.75, 3.05) is 13.7 Å². The van der Waals surface area contributed by atoms with Gasteiger partial charge >= 0.3 is 0 Å². The molecule has 1 aromatic heterocycles. The van der Waals surface area contributed by atoms with Gasteiger partial charge in [0, 0.05) is 5.56 Å². The summed E-state index contributed by atoms with van der Waals surface area (Å²) in [6.07, 6.45) is -7.06. The number of hydrogen-bond donors (Lipinski definition) is 4. The lowest BCUT2D eigenvalue weighted by molar-refractivity contribution is -0.251. The van der Waals surface area contributed by atoms with Crippen LogP contribution in [0, 0.1) is 22.9 Å². The van der Waals surface area contributed by atoms with Gasteiger partial charge in [-0.1, -0.05) is 54.2 Å². The Bertz CT molecular complexity index is 1300. The molecule has 1 saturated heterocycles. The van der Waals surface area contributed by atoms with E-state index in [0.717, 1.165) is 16.7 Å². The van der Waals surface area contributed by atoms with Gasteiger partial charge in [-0.05, 0) is 36.2 Å². The molecule has 0 saturated carbocycles. The second-order valence-corrected chi connectivity index (χ2v) is 8.81. The molecule has 0 spiro atoms. The molecule has 1 aliphatic heterocycles. The molecule has 0 aliphatic carbocycles. The summed E-state index contributed by atoms with van der Waals surface area (Å²) in [6.45, 7) is 1.37. The summed E-state index contributed by atoms with van der Waals surface area (Å²) < 4.78 is 12.6. The maximum Gasteiger partial charge on any atom is 0.164 e. The van der Waals surface area contributed by atoms with E-state index in [0.29, 0.717) is 17.0 Å². The van der Waals surface area contributed by atoms with E-state index in [4.69, 9.17) is 21.7 Å². The predicted molar refractivity (Wildman–Crippen MR) is 131 cm³/mol. The zero-order valence-corrected chi connectivity index (χ0v) is 20.0. The topological polar surface area (TPSA) is 128 Å². The molecule has 4 rings (SSSR count). The molecule has 1 aliphatic rings. The minimum absolute atomic E-state index is 0.0840. The van der Waals surface area contributed by atoms with Crippen LogP contribution in [0.3, 0.4) is 0 Å². The summed E-state index contributed by atoms with van der Waals surface area (Å²) in [6, 6.07) is 18.7. The van der Waals surface area contributed by atoms with Gasteiger partial charge in [-0.3, -0.25) is 0 Å². The summed E-state index contributed by atoms with van der Waals surface area (Å²) in [4.78, 5) is 0. The minimum atomic E-state index is -1.59. The molecule has 5 atom stereocenters. The van der Waals surface area contributed by atoms with Crippen molar-refractivity contribution in [3.05, 3.63) is 70.4 Å². The fraction of sp³-hybridized carbons (Fsp3) is 0.308. The van der Waals surface area contributed by atoms with Gasteiger partial charge in [0.2, 0.25) is 0 Å². The van der Waals surface area contributed by atoms with Crippen molar-refractivity contribution in [3.63, 3.8) is 0 Å². The van der Waals surface area contributed by atoms with Crippen molar-refractivity contribution in [3.8, 4) is 34.2 Å². The Kier molecular flexibility index (Phi) is 7.33. The van der Waals surface area contributed by atoms with Gasteiger partial charge in [-0.2, -0.15) is 5.26 Å². The number of hydrogen-bond acceptors (Lipinski definition) is 8. The lowest BCUT2D eigenvalue weighted by atomic mass is 9.95. The maximum atomic E-state index is 10.8. The molecule has 0 bridgehead atoms. The minimum Gasteiger partial charge on any atom is -0.497 e. The first-order chi connectivity index (χ1) is 16.8. The van der Waals surface area contributed by atoms with Crippen LogP contribution in [0.15, 0.2) is 54.6 Å². The fourth-order valence-electron chi connectivity index (χ4n) is 4.22. The number of aryl methyl sites for hydroxylation is 1. The van der Waals surface area contributed by atoms with Gasteiger partial charge in [-0.15, -0.1) is 0 Å². The van der Waals surface area contributed by atoms with Crippen LogP contribution in [-0.2, 0) is 4.74 Å². The summed E-state index contributed by atoms with van der Waals surface area (Å²) >= 11 is 5.74. The summed E-state index contributed by atoms with van der Waals surface area (Å²) in [5.74, 6) is 0.664. The third-order valence-corrected chi connectivity index (χ3v) is 6.63. The second-order valence-electron chi connectivity index (χ2n) is 8.42. The fourth-order valence-corrected chi connectivity index (χ4v) is 4.58. The summed E-state index contributed by atoms with van der Waals surface area (Å²) in [7, 11) is 1.57. The lowest BCUT2D eigenvalue weighted by Gasteiger charge is -2.41. The number of pyridine rings is 1. The van der Waals surface area contributed by atoms with E-state index in [1.807, 2.05) is 43.3 Å². The van der Waals surface area contributed by atoms with E-state index in [9.17, 15) is 25.7 Å². The molecule has 2 aromatic carbocycles. The smallest absolute Gasteiger partial charge is 0.164 e. The average molecular weight is 495 g/mol. The van der Waals surface area contributed by atoms with E-state index in [1.54, 1.807) is 25.3 Å². The highest BCUT2D eigenvalue weighted by Crippen LogP contribution is 2.37. The third-order valence-electron chi connectivity index (χ3n) is 6.22. The van der Waals surface area contributed by atoms with Crippen LogP contribution in [0.1, 0.15) is 17.4 Å². The first-order valence-corrected chi connectivity index (χ1v) is 11.4. The van der Waals surface area contributed by atoms with Crippen LogP contribution in [-0.4, -0.2) is 63.1 Å². The van der Waals surface area contributed by atoms with E-state index >= 15 is 0 Å². The Morgan fingerprint density at radius 3 is 2.20 bits per heavy atom. The molecule has 0 radical (unpaired) electrons. The molecule has 8 nitrogen and oxygen atoms in total. The van der Waals surface area contributed by atoms with E-state index < -0.39 is 37.3 Å².